The first kappa shape index (κ1) is 15.7. The van der Waals surface area contributed by atoms with Crippen LogP contribution in [0.1, 0.15) is 26.4 Å². The second-order valence-electron chi connectivity index (χ2n) is 5.26. The highest BCUT2D eigenvalue weighted by molar-refractivity contribution is 7.15. The number of amides is 1. The van der Waals surface area contributed by atoms with Gasteiger partial charge in [-0.3, -0.25) is 10.1 Å². The Morgan fingerprint density at radius 1 is 1.22 bits per heavy atom. The second kappa shape index (κ2) is 6.94. The van der Waals surface area contributed by atoms with Gasteiger partial charge in [0.2, 0.25) is 0 Å². The molecule has 1 aromatic heterocycles. The lowest BCUT2D eigenvalue weighted by Gasteiger charge is -2.02. The van der Waals surface area contributed by atoms with E-state index in [0.717, 1.165) is 11.3 Å². The van der Waals surface area contributed by atoms with Crippen molar-refractivity contribution in [3.63, 3.8) is 0 Å². The Morgan fingerprint density at radius 2 is 2.04 bits per heavy atom. The fraction of sp³-hybridized carbons (Fsp3) is 0.111. The van der Waals surface area contributed by atoms with Crippen LogP contribution in [0.5, 0.6) is 0 Å². The maximum Gasteiger partial charge on any atom is 0.257 e. The molecule has 2 aromatic carbocycles. The molecule has 0 atom stereocenters. The number of carbonyl (C=O) groups is 1. The Morgan fingerprint density at radius 3 is 2.83 bits per heavy atom. The molecule has 1 heterocycles. The summed E-state index contributed by atoms with van der Waals surface area (Å²) in [6.45, 7) is 2.08. The zero-order valence-electron chi connectivity index (χ0n) is 12.5. The minimum atomic E-state index is -0.205. The van der Waals surface area contributed by atoms with Crippen molar-refractivity contribution in [2.75, 3.05) is 5.32 Å². The average molecular weight is 343 g/mol. The van der Waals surface area contributed by atoms with E-state index in [4.69, 9.17) is 11.6 Å². The molecule has 1 amide bonds. The van der Waals surface area contributed by atoms with Gasteiger partial charge in [-0.25, -0.2) is 4.98 Å². The molecule has 23 heavy (non-hydrogen) atoms. The van der Waals surface area contributed by atoms with E-state index in [-0.39, 0.29) is 5.91 Å². The van der Waals surface area contributed by atoms with Crippen molar-refractivity contribution in [1.82, 2.24) is 4.98 Å². The molecule has 3 nitrogen and oxygen atoms in total. The molecular weight excluding hydrogens is 328 g/mol. The summed E-state index contributed by atoms with van der Waals surface area (Å²) < 4.78 is 0. The fourth-order valence-corrected chi connectivity index (χ4v) is 3.30. The Bertz CT molecular complexity index is 844. The molecule has 0 aliphatic carbocycles. The third-order valence-corrected chi connectivity index (χ3v) is 4.47. The Balaban J connectivity index is 1.68. The van der Waals surface area contributed by atoms with Crippen molar-refractivity contribution < 1.29 is 4.79 Å². The molecule has 0 unspecified atom stereocenters. The lowest BCUT2D eigenvalue weighted by molar-refractivity contribution is 0.102. The number of carbonyl (C=O) groups excluding carboxylic acids is 1. The third-order valence-electron chi connectivity index (χ3n) is 3.32. The summed E-state index contributed by atoms with van der Waals surface area (Å²) in [4.78, 5) is 17.6. The Hall–Kier alpha value is -2.17. The van der Waals surface area contributed by atoms with E-state index in [1.165, 1.54) is 22.5 Å². The number of hydrogen-bond acceptors (Lipinski definition) is 3. The van der Waals surface area contributed by atoms with Crippen molar-refractivity contribution >= 4 is 34.0 Å². The summed E-state index contributed by atoms with van der Waals surface area (Å²) >= 11 is 7.39. The Kier molecular flexibility index (Phi) is 4.74. The molecule has 3 aromatic rings. The summed E-state index contributed by atoms with van der Waals surface area (Å²) in [5.74, 6) is -0.205. The predicted octanol–water partition coefficient (Wildman–Crippen LogP) is 4.95. The number of benzene rings is 2. The summed E-state index contributed by atoms with van der Waals surface area (Å²) in [7, 11) is 0. The van der Waals surface area contributed by atoms with Gasteiger partial charge < -0.3 is 0 Å². The minimum absolute atomic E-state index is 0.205. The van der Waals surface area contributed by atoms with E-state index in [9.17, 15) is 4.79 Å². The highest BCUT2D eigenvalue weighted by atomic mass is 35.5. The Labute approximate surface area is 144 Å². The van der Waals surface area contributed by atoms with Crippen LogP contribution < -0.4 is 5.32 Å². The van der Waals surface area contributed by atoms with Crippen LogP contribution >= 0.6 is 22.9 Å². The second-order valence-corrected chi connectivity index (χ2v) is 6.81. The zero-order valence-corrected chi connectivity index (χ0v) is 14.1. The summed E-state index contributed by atoms with van der Waals surface area (Å²) in [5.41, 5.74) is 3.00. The van der Waals surface area contributed by atoms with Crippen LogP contribution in [0.3, 0.4) is 0 Å². The molecule has 116 valence electrons. The molecule has 0 fully saturated rings. The first-order valence-electron chi connectivity index (χ1n) is 7.17. The number of nitrogens with zero attached hydrogens (tertiary/aromatic N) is 1. The van der Waals surface area contributed by atoms with Crippen LogP contribution in [-0.4, -0.2) is 10.9 Å². The normalized spacial score (nSPS) is 10.5. The van der Waals surface area contributed by atoms with Gasteiger partial charge in [-0.2, -0.15) is 0 Å². The number of aromatic nitrogens is 1. The SMILES string of the molecule is Cc1cccc(Cc2cnc(NC(=O)c3cccc(Cl)c3)s2)c1. The monoisotopic (exact) mass is 342 g/mol. The van der Waals surface area contributed by atoms with Crippen LogP contribution in [0.25, 0.3) is 0 Å². The summed E-state index contributed by atoms with van der Waals surface area (Å²) in [6, 6.07) is 15.2. The quantitative estimate of drug-likeness (QED) is 0.729. The highest BCUT2D eigenvalue weighted by Gasteiger charge is 2.10. The summed E-state index contributed by atoms with van der Waals surface area (Å²) in [5, 5.41) is 3.95. The van der Waals surface area contributed by atoms with Crippen LogP contribution in [-0.2, 0) is 6.42 Å². The first-order valence-corrected chi connectivity index (χ1v) is 8.37. The first-order chi connectivity index (χ1) is 11.1. The largest absolute Gasteiger partial charge is 0.298 e. The van der Waals surface area contributed by atoms with Gasteiger partial charge in [-0.15, -0.1) is 11.3 Å². The predicted molar refractivity (Wildman–Crippen MR) is 95.5 cm³/mol. The summed E-state index contributed by atoms with van der Waals surface area (Å²) in [6.07, 6.45) is 2.62. The van der Waals surface area contributed by atoms with E-state index < -0.39 is 0 Å². The number of thiazole rings is 1. The van der Waals surface area contributed by atoms with Crippen molar-refractivity contribution in [2.45, 2.75) is 13.3 Å². The van der Waals surface area contributed by atoms with Gasteiger partial charge in [0.05, 0.1) is 0 Å². The van der Waals surface area contributed by atoms with E-state index in [2.05, 4.69) is 35.4 Å². The van der Waals surface area contributed by atoms with Gasteiger partial charge in [0, 0.05) is 28.1 Å². The topological polar surface area (TPSA) is 42.0 Å². The number of nitrogens with one attached hydrogen (secondary N) is 1. The number of rotatable bonds is 4. The van der Waals surface area contributed by atoms with Gasteiger partial charge >= 0.3 is 0 Å². The fourth-order valence-electron chi connectivity index (χ4n) is 2.27. The van der Waals surface area contributed by atoms with Crippen LogP contribution in [0.15, 0.2) is 54.7 Å². The van der Waals surface area contributed by atoms with Crippen molar-refractivity contribution in [3.05, 3.63) is 81.3 Å². The van der Waals surface area contributed by atoms with Crippen molar-refractivity contribution in [3.8, 4) is 0 Å². The van der Waals surface area contributed by atoms with Gasteiger partial charge in [-0.05, 0) is 30.7 Å². The van der Waals surface area contributed by atoms with E-state index in [0.29, 0.717) is 15.7 Å². The number of anilines is 1. The van der Waals surface area contributed by atoms with Crippen molar-refractivity contribution in [2.24, 2.45) is 0 Å². The lowest BCUT2D eigenvalue weighted by Crippen LogP contribution is -2.11. The molecule has 5 heteroatoms. The number of hydrogen-bond donors (Lipinski definition) is 1. The highest BCUT2D eigenvalue weighted by Crippen LogP contribution is 2.22. The smallest absolute Gasteiger partial charge is 0.257 e. The number of halogens is 1. The third kappa shape index (κ3) is 4.18. The molecule has 3 rings (SSSR count). The maximum absolute atomic E-state index is 12.2. The van der Waals surface area contributed by atoms with Crippen molar-refractivity contribution in [1.29, 1.82) is 0 Å². The van der Waals surface area contributed by atoms with Gasteiger partial charge in [0.15, 0.2) is 5.13 Å². The molecule has 0 radical (unpaired) electrons. The molecule has 0 saturated carbocycles. The molecular formula is C18H15ClN2OS. The molecule has 0 bridgehead atoms. The molecule has 0 saturated heterocycles. The lowest BCUT2D eigenvalue weighted by atomic mass is 10.1. The van der Waals surface area contributed by atoms with Crippen LogP contribution in [0.4, 0.5) is 5.13 Å². The molecule has 1 N–H and O–H groups in total. The van der Waals surface area contributed by atoms with Gasteiger partial charge in [-0.1, -0.05) is 47.5 Å². The van der Waals surface area contributed by atoms with Gasteiger partial charge in [0.1, 0.15) is 0 Å². The standard InChI is InChI=1S/C18H15ClN2OS/c1-12-4-2-5-13(8-12)9-16-11-20-18(23-16)21-17(22)14-6-3-7-15(19)10-14/h2-8,10-11H,9H2,1H3,(H,20,21,22). The average Bonchev–Trinajstić information content (AvgIpc) is 2.94. The van der Waals surface area contributed by atoms with E-state index in [1.807, 2.05) is 6.07 Å². The minimum Gasteiger partial charge on any atom is -0.298 e. The molecule has 0 aliphatic rings. The van der Waals surface area contributed by atoms with Crippen LogP contribution in [0.2, 0.25) is 5.02 Å². The molecule has 0 spiro atoms. The van der Waals surface area contributed by atoms with Gasteiger partial charge in [0.25, 0.3) is 5.91 Å². The number of aryl methyl sites for hydroxylation is 1. The van der Waals surface area contributed by atoms with E-state index in [1.54, 1.807) is 30.5 Å². The molecule has 0 aliphatic heterocycles. The maximum atomic E-state index is 12.2. The van der Waals surface area contributed by atoms with Crippen LogP contribution in [0, 0.1) is 6.92 Å². The zero-order chi connectivity index (χ0) is 16.2. The van der Waals surface area contributed by atoms with E-state index >= 15 is 0 Å².